The van der Waals surface area contributed by atoms with Crippen LogP contribution in [0.1, 0.15) is 42.5 Å². The van der Waals surface area contributed by atoms with Gasteiger partial charge in [0.25, 0.3) is 0 Å². The van der Waals surface area contributed by atoms with Crippen molar-refractivity contribution in [3.05, 3.63) is 23.2 Å². The van der Waals surface area contributed by atoms with Crippen molar-refractivity contribution < 1.29 is 9.15 Å². The minimum atomic E-state index is 0.165. The van der Waals surface area contributed by atoms with Crippen LogP contribution in [0.5, 0.6) is 0 Å². The van der Waals surface area contributed by atoms with Gasteiger partial charge >= 0.3 is 0 Å². The summed E-state index contributed by atoms with van der Waals surface area (Å²) < 4.78 is 11.7. The van der Waals surface area contributed by atoms with Crippen molar-refractivity contribution in [1.82, 2.24) is 5.32 Å². The third kappa shape index (κ3) is 2.14. The second-order valence-corrected chi connectivity index (χ2v) is 5.40. The molecule has 1 saturated heterocycles. The van der Waals surface area contributed by atoms with Crippen LogP contribution in [0.4, 0.5) is 0 Å². The highest BCUT2D eigenvalue weighted by Gasteiger charge is 2.32. The molecule has 1 aromatic rings. The Kier molecular flexibility index (Phi) is 2.97. The molecule has 1 aliphatic carbocycles. The first-order valence-electron chi connectivity index (χ1n) is 6.66. The van der Waals surface area contributed by atoms with E-state index >= 15 is 0 Å². The molecule has 3 unspecified atom stereocenters. The zero-order valence-corrected chi connectivity index (χ0v) is 10.7. The summed E-state index contributed by atoms with van der Waals surface area (Å²) in [4.78, 5) is 0. The number of ether oxygens (including phenoxy) is 1. The van der Waals surface area contributed by atoms with E-state index < -0.39 is 0 Å². The maximum Gasteiger partial charge on any atom is 0.106 e. The van der Waals surface area contributed by atoms with E-state index in [0.29, 0.717) is 12.0 Å². The van der Waals surface area contributed by atoms with Crippen molar-refractivity contribution in [3.63, 3.8) is 0 Å². The monoisotopic (exact) mass is 235 g/mol. The molecule has 1 saturated carbocycles. The lowest BCUT2D eigenvalue weighted by Gasteiger charge is -2.15. The Morgan fingerprint density at radius 3 is 2.94 bits per heavy atom. The third-order valence-electron chi connectivity index (χ3n) is 4.16. The van der Waals surface area contributed by atoms with Gasteiger partial charge in [0, 0.05) is 18.2 Å². The average molecular weight is 235 g/mol. The molecule has 2 aliphatic rings. The molecule has 94 valence electrons. The minimum Gasteiger partial charge on any atom is -0.466 e. The van der Waals surface area contributed by atoms with Crippen molar-refractivity contribution in [3.8, 4) is 0 Å². The van der Waals surface area contributed by atoms with Crippen LogP contribution in [0.2, 0.25) is 0 Å². The fourth-order valence-corrected chi connectivity index (χ4v) is 3.23. The lowest BCUT2D eigenvalue weighted by molar-refractivity contribution is 0.0465. The molecule has 3 rings (SSSR count). The zero-order valence-electron chi connectivity index (χ0n) is 10.7. The summed E-state index contributed by atoms with van der Waals surface area (Å²) in [6.07, 6.45) is 4.14. The molecular formula is C14H21NO2. The Morgan fingerprint density at radius 1 is 1.29 bits per heavy atom. The summed E-state index contributed by atoms with van der Waals surface area (Å²) in [5, 5.41) is 3.66. The van der Waals surface area contributed by atoms with Crippen LogP contribution in [0.15, 0.2) is 10.5 Å². The Bertz CT molecular complexity index is 385. The van der Waals surface area contributed by atoms with Gasteiger partial charge in [-0.3, -0.25) is 0 Å². The summed E-state index contributed by atoms with van der Waals surface area (Å²) in [6.45, 7) is 5.83. The predicted octanol–water partition coefficient (Wildman–Crippen LogP) is 2.73. The van der Waals surface area contributed by atoms with Crippen molar-refractivity contribution in [2.75, 3.05) is 13.2 Å². The van der Waals surface area contributed by atoms with Crippen LogP contribution >= 0.6 is 0 Å². The molecule has 17 heavy (non-hydrogen) atoms. The molecular weight excluding hydrogens is 214 g/mol. The van der Waals surface area contributed by atoms with Gasteiger partial charge in [-0.05, 0) is 38.7 Å². The van der Waals surface area contributed by atoms with Crippen LogP contribution in [0, 0.1) is 19.8 Å². The molecule has 0 spiro atoms. The Morgan fingerprint density at radius 2 is 2.18 bits per heavy atom. The quantitative estimate of drug-likeness (QED) is 0.812. The second-order valence-electron chi connectivity index (χ2n) is 5.40. The van der Waals surface area contributed by atoms with Gasteiger partial charge in [-0.15, -0.1) is 0 Å². The van der Waals surface area contributed by atoms with Gasteiger partial charge in [-0.1, -0.05) is 6.42 Å². The summed E-state index contributed by atoms with van der Waals surface area (Å²) in [7, 11) is 0. The zero-order chi connectivity index (χ0) is 11.8. The van der Waals surface area contributed by atoms with Crippen molar-refractivity contribution in [2.24, 2.45) is 5.92 Å². The van der Waals surface area contributed by atoms with E-state index in [2.05, 4.69) is 11.4 Å². The predicted molar refractivity (Wildman–Crippen MR) is 66.0 cm³/mol. The molecule has 0 aromatic carbocycles. The van der Waals surface area contributed by atoms with E-state index in [-0.39, 0.29) is 6.10 Å². The lowest BCUT2D eigenvalue weighted by atomic mass is 10.1. The Balaban J connectivity index is 1.75. The van der Waals surface area contributed by atoms with E-state index in [1.165, 1.54) is 24.8 Å². The maximum atomic E-state index is 6.07. The standard InChI is InChI=1S/C14H21NO2/c1-9-6-12(10(2)17-9)14-7-15-13-5-3-4-11(13)8-16-14/h6,11,13-15H,3-5,7-8H2,1-2H3. The van der Waals surface area contributed by atoms with Gasteiger partial charge in [0.2, 0.25) is 0 Å². The highest BCUT2D eigenvalue weighted by atomic mass is 16.5. The highest BCUT2D eigenvalue weighted by molar-refractivity contribution is 5.23. The van der Waals surface area contributed by atoms with Crippen molar-refractivity contribution in [2.45, 2.75) is 45.3 Å². The summed E-state index contributed by atoms with van der Waals surface area (Å²) in [5.41, 5.74) is 1.22. The first-order valence-corrected chi connectivity index (χ1v) is 6.66. The molecule has 2 heterocycles. The van der Waals surface area contributed by atoms with E-state index in [1.54, 1.807) is 0 Å². The van der Waals surface area contributed by atoms with Crippen LogP contribution in [-0.4, -0.2) is 19.2 Å². The smallest absolute Gasteiger partial charge is 0.106 e. The Hall–Kier alpha value is -0.800. The largest absolute Gasteiger partial charge is 0.466 e. The van der Waals surface area contributed by atoms with E-state index in [4.69, 9.17) is 9.15 Å². The van der Waals surface area contributed by atoms with E-state index in [0.717, 1.165) is 24.7 Å². The van der Waals surface area contributed by atoms with Crippen LogP contribution in [0.3, 0.4) is 0 Å². The first-order chi connectivity index (χ1) is 8.24. The summed E-state index contributed by atoms with van der Waals surface area (Å²) >= 11 is 0. The van der Waals surface area contributed by atoms with Gasteiger partial charge in [0.1, 0.15) is 11.5 Å². The fraction of sp³-hybridized carbons (Fsp3) is 0.714. The van der Waals surface area contributed by atoms with Crippen molar-refractivity contribution >= 4 is 0 Å². The van der Waals surface area contributed by atoms with Crippen LogP contribution in [0.25, 0.3) is 0 Å². The normalized spacial score (nSPS) is 33.4. The number of hydrogen-bond acceptors (Lipinski definition) is 3. The van der Waals surface area contributed by atoms with Gasteiger partial charge in [-0.2, -0.15) is 0 Å². The molecule has 3 nitrogen and oxygen atoms in total. The molecule has 1 N–H and O–H groups in total. The number of fused-ring (bicyclic) bond motifs is 1. The van der Waals surface area contributed by atoms with E-state index in [9.17, 15) is 0 Å². The number of furan rings is 1. The number of nitrogens with one attached hydrogen (secondary N) is 1. The van der Waals surface area contributed by atoms with Gasteiger partial charge < -0.3 is 14.5 Å². The third-order valence-corrected chi connectivity index (χ3v) is 4.16. The van der Waals surface area contributed by atoms with Gasteiger partial charge in [-0.25, -0.2) is 0 Å². The van der Waals surface area contributed by atoms with Crippen molar-refractivity contribution in [1.29, 1.82) is 0 Å². The number of rotatable bonds is 1. The van der Waals surface area contributed by atoms with Gasteiger partial charge in [0.15, 0.2) is 0 Å². The number of hydrogen-bond donors (Lipinski definition) is 1. The molecule has 0 radical (unpaired) electrons. The average Bonchev–Trinajstić information content (AvgIpc) is 2.81. The number of aryl methyl sites for hydroxylation is 2. The molecule has 3 heteroatoms. The minimum absolute atomic E-state index is 0.165. The molecule has 1 aliphatic heterocycles. The highest BCUT2D eigenvalue weighted by Crippen LogP contribution is 2.32. The molecule has 0 bridgehead atoms. The fourth-order valence-electron chi connectivity index (χ4n) is 3.23. The van der Waals surface area contributed by atoms with Crippen LogP contribution in [-0.2, 0) is 4.74 Å². The first kappa shape index (κ1) is 11.3. The Labute approximate surface area is 103 Å². The SMILES string of the molecule is Cc1cc(C2CNC3CCCC3CO2)c(C)o1. The topological polar surface area (TPSA) is 34.4 Å². The summed E-state index contributed by atoms with van der Waals surface area (Å²) in [5.74, 6) is 2.69. The second kappa shape index (κ2) is 4.46. The molecule has 0 amide bonds. The molecule has 3 atom stereocenters. The molecule has 1 aromatic heterocycles. The summed E-state index contributed by atoms with van der Waals surface area (Å²) in [6, 6.07) is 2.79. The van der Waals surface area contributed by atoms with Crippen LogP contribution < -0.4 is 5.32 Å². The molecule has 2 fully saturated rings. The maximum absolute atomic E-state index is 6.07. The van der Waals surface area contributed by atoms with Gasteiger partial charge in [0.05, 0.1) is 12.7 Å². The van der Waals surface area contributed by atoms with E-state index in [1.807, 2.05) is 13.8 Å². The lowest BCUT2D eigenvalue weighted by Crippen LogP contribution is -2.32.